The molecule has 0 aliphatic rings. The molecule has 0 heterocycles. The van der Waals surface area contributed by atoms with Crippen LogP contribution in [0.15, 0.2) is 24.3 Å². The van der Waals surface area contributed by atoms with Crippen LogP contribution in [-0.2, 0) is 11.3 Å². The second-order valence-corrected chi connectivity index (χ2v) is 4.22. The highest BCUT2D eigenvalue weighted by molar-refractivity contribution is 5.92. The molecule has 0 radical (unpaired) electrons. The Hall–Kier alpha value is -1.39. The maximum Gasteiger partial charge on any atom is 0.238 e. The normalized spacial score (nSPS) is 10.6. The van der Waals surface area contributed by atoms with Crippen LogP contribution in [0.2, 0.25) is 0 Å². The van der Waals surface area contributed by atoms with Crippen molar-refractivity contribution in [1.29, 1.82) is 0 Å². The third kappa shape index (κ3) is 4.97. The second-order valence-electron chi connectivity index (χ2n) is 4.22. The fraction of sp³-hybridized carbons (Fsp3) is 0.462. The summed E-state index contributed by atoms with van der Waals surface area (Å²) in [6.45, 7) is 4.15. The van der Waals surface area contributed by atoms with Crippen molar-refractivity contribution in [3.05, 3.63) is 29.8 Å². The van der Waals surface area contributed by atoms with Gasteiger partial charge in [0.25, 0.3) is 0 Å². The van der Waals surface area contributed by atoms with Crippen molar-refractivity contribution in [3.8, 4) is 0 Å². The van der Waals surface area contributed by atoms with Gasteiger partial charge in [0.1, 0.15) is 0 Å². The molecule has 0 bridgehead atoms. The number of nitrogens with zero attached hydrogens (tertiary/aromatic N) is 1. The van der Waals surface area contributed by atoms with Gasteiger partial charge in [-0.15, -0.1) is 0 Å². The molecular formula is C13H21N3O. The molecule has 1 amide bonds. The number of carbonyl (C=O) groups excluding carboxylic acids is 1. The third-order valence-corrected chi connectivity index (χ3v) is 2.32. The number of benzene rings is 1. The van der Waals surface area contributed by atoms with E-state index in [9.17, 15) is 4.79 Å². The minimum Gasteiger partial charge on any atom is -0.325 e. The third-order valence-electron chi connectivity index (χ3n) is 2.32. The molecule has 1 aromatic rings. The van der Waals surface area contributed by atoms with Crippen molar-refractivity contribution in [2.24, 2.45) is 0 Å². The Morgan fingerprint density at radius 3 is 2.65 bits per heavy atom. The molecule has 0 aliphatic heterocycles. The van der Waals surface area contributed by atoms with Crippen LogP contribution in [0.4, 0.5) is 5.69 Å². The van der Waals surface area contributed by atoms with Crippen LogP contribution in [0.5, 0.6) is 0 Å². The lowest BCUT2D eigenvalue weighted by molar-refractivity contribution is -0.116. The van der Waals surface area contributed by atoms with Crippen LogP contribution >= 0.6 is 0 Å². The summed E-state index contributed by atoms with van der Waals surface area (Å²) >= 11 is 0. The predicted octanol–water partition coefficient (Wildman–Crippen LogP) is 1.30. The van der Waals surface area contributed by atoms with Crippen LogP contribution in [0.3, 0.4) is 0 Å². The van der Waals surface area contributed by atoms with Crippen LogP contribution < -0.4 is 10.6 Å². The lowest BCUT2D eigenvalue weighted by atomic mass is 10.1. The standard InChI is InChI=1S/C13H21N3O/c1-4-14-9-11-7-5-6-8-12(11)15-13(17)10-16(2)3/h5-8,14H,4,9-10H2,1-3H3,(H,15,17). The van der Waals surface area contributed by atoms with E-state index in [2.05, 4.69) is 17.6 Å². The van der Waals surface area contributed by atoms with Crippen LogP contribution in [0, 0.1) is 0 Å². The largest absolute Gasteiger partial charge is 0.325 e. The fourth-order valence-electron chi connectivity index (χ4n) is 1.53. The Kier molecular flexibility index (Phi) is 5.66. The number of anilines is 1. The van der Waals surface area contributed by atoms with Gasteiger partial charge in [-0.25, -0.2) is 0 Å². The number of likely N-dealkylation sites (N-methyl/N-ethyl adjacent to an activating group) is 1. The van der Waals surface area contributed by atoms with Crippen LogP contribution in [0.25, 0.3) is 0 Å². The summed E-state index contributed by atoms with van der Waals surface area (Å²) < 4.78 is 0. The highest BCUT2D eigenvalue weighted by Crippen LogP contribution is 2.14. The van der Waals surface area contributed by atoms with Gasteiger partial charge >= 0.3 is 0 Å². The quantitative estimate of drug-likeness (QED) is 0.781. The van der Waals surface area contributed by atoms with Crippen LogP contribution in [-0.4, -0.2) is 38.0 Å². The summed E-state index contributed by atoms with van der Waals surface area (Å²) in [5, 5.41) is 6.19. The van der Waals surface area contributed by atoms with E-state index in [1.165, 1.54) is 0 Å². The van der Waals surface area contributed by atoms with Crippen molar-refractivity contribution in [2.45, 2.75) is 13.5 Å². The Morgan fingerprint density at radius 2 is 2.00 bits per heavy atom. The van der Waals surface area contributed by atoms with Crippen molar-refractivity contribution in [1.82, 2.24) is 10.2 Å². The first-order valence-corrected chi connectivity index (χ1v) is 5.86. The highest BCUT2D eigenvalue weighted by atomic mass is 16.2. The average molecular weight is 235 g/mol. The zero-order chi connectivity index (χ0) is 12.7. The van der Waals surface area contributed by atoms with Gasteiger partial charge < -0.3 is 15.5 Å². The van der Waals surface area contributed by atoms with E-state index in [4.69, 9.17) is 0 Å². The lowest BCUT2D eigenvalue weighted by Gasteiger charge is -2.13. The van der Waals surface area contributed by atoms with Gasteiger partial charge in [0.15, 0.2) is 0 Å². The molecule has 0 fully saturated rings. The van der Waals surface area contributed by atoms with Gasteiger partial charge in [-0.2, -0.15) is 0 Å². The highest BCUT2D eigenvalue weighted by Gasteiger charge is 2.06. The van der Waals surface area contributed by atoms with Crippen LogP contribution in [0.1, 0.15) is 12.5 Å². The Morgan fingerprint density at radius 1 is 1.29 bits per heavy atom. The van der Waals surface area contributed by atoms with Gasteiger partial charge in [0.05, 0.1) is 6.54 Å². The second kappa shape index (κ2) is 7.04. The molecule has 1 rings (SSSR count). The predicted molar refractivity (Wildman–Crippen MR) is 71.0 cm³/mol. The zero-order valence-corrected chi connectivity index (χ0v) is 10.8. The number of nitrogens with one attached hydrogen (secondary N) is 2. The van der Waals surface area contributed by atoms with Crippen molar-refractivity contribution in [2.75, 3.05) is 32.5 Å². The molecule has 0 aromatic heterocycles. The summed E-state index contributed by atoms with van der Waals surface area (Å²) in [6.07, 6.45) is 0. The molecule has 1 aromatic carbocycles. The van der Waals surface area contributed by atoms with E-state index >= 15 is 0 Å². The molecule has 4 heteroatoms. The molecule has 94 valence electrons. The Labute approximate surface area is 103 Å². The topological polar surface area (TPSA) is 44.4 Å². The maximum absolute atomic E-state index is 11.7. The first-order valence-electron chi connectivity index (χ1n) is 5.86. The van der Waals surface area contributed by atoms with E-state index in [-0.39, 0.29) is 5.91 Å². The van der Waals surface area contributed by atoms with E-state index in [1.807, 2.05) is 43.3 Å². The van der Waals surface area contributed by atoms with Crippen molar-refractivity contribution in [3.63, 3.8) is 0 Å². The van der Waals surface area contributed by atoms with E-state index in [1.54, 1.807) is 0 Å². The number of amides is 1. The smallest absolute Gasteiger partial charge is 0.238 e. The molecule has 0 saturated heterocycles. The first kappa shape index (κ1) is 13.7. The zero-order valence-electron chi connectivity index (χ0n) is 10.8. The summed E-state index contributed by atoms with van der Waals surface area (Å²) in [6, 6.07) is 7.86. The molecule has 0 unspecified atom stereocenters. The first-order chi connectivity index (χ1) is 8.13. The summed E-state index contributed by atoms with van der Waals surface area (Å²) in [4.78, 5) is 13.5. The van der Waals surface area contributed by atoms with E-state index < -0.39 is 0 Å². The summed E-state index contributed by atoms with van der Waals surface area (Å²) in [5.74, 6) is 0.0129. The number of hydrogen-bond acceptors (Lipinski definition) is 3. The number of hydrogen-bond donors (Lipinski definition) is 2. The molecule has 4 nitrogen and oxygen atoms in total. The minimum absolute atomic E-state index is 0.0129. The number of rotatable bonds is 6. The molecule has 0 spiro atoms. The SMILES string of the molecule is CCNCc1ccccc1NC(=O)CN(C)C. The average Bonchev–Trinajstić information content (AvgIpc) is 2.26. The maximum atomic E-state index is 11.7. The van der Waals surface area contributed by atoms with Gasteiger partial charge in [-0.05, 0) is 32.3 Å². The minimum atomic E-state index is 0.0129. The van der Waals surface area contributed by atoms with Gasteiger partial charge in [-0.3, -0.25) is 4.79 Å². The molecule has 2 N–H and O–H groups in total. The van der Waals surface area contributed by atoms with E-state index in [0.29, 0.717) is 6.54 Å². The van der Waals surface area contributed by atoms with Gasteiger partial charge in [0.2, 0.25) is 5.91 Å². The van der Waals surface area contributed by atoms with Gasteiger partial charge in [-0.1, -0.05) is 25.1 Å². The van der Waals surface area contributed by atoms with E-state index in [0.717, 1.165) is 24.3 Å². The van der Waals surface area contributed by atoms with Crippen molar-refractivity contribution < 1.29 is 4.79 Å². The summed E-state index contributed by atoms with van der Waals surface area (Å²) in [7, 11) is 3.76. The molecule has 0 atom stereocenters. The number of carbonyl (C=O) groups is 1. The fourth-order valence-corrected chi connectivity index (χ4v) is 1.53. The number of para-hydroxylation sites is 1. The molecular weight excluding hydrogens is 214 g/mol. The monoisotopic (exact) mass is 235 g/mol. The molecule has 17 heavy (non-hydrogen) atoms. The van der Waals surface area contributed by atoms with Gasteiger partial charge in [0, 0.05) is 12.2 Å². The Bertz CT molecular complexity index is 363. The lowest BCUT2D eigenvalue weighted by Crippen LogP contribution is -2.27. The van der Waals surface area contributed by atoms with Crippen molar-refractivity contribution >= 4 is 11.6 Å². The summed E-state index contributed by atoms with van der Waals surface area (Å²) in [5.41, 5.74) is 2.00. The molecule has 0 saturated carbocycles. The molecule has 0 aliphatic carbocycles. The Balaban J connectivity index is 2.65.